The van der Waals surface area contributed by atoms with E-state index in [-0.39, 0.29) is 0 Å². The molecular formula is C15H23NS. The maximum atomic E-state index is 3.93. The zero-order valence-corrected chi connectivity index (χ0v) is 11.8. The summed E-state index contributed by atoms with van der Waals surface area (Å²) in [5.74, 6) is 1.13. The minimum absolute atomic E-state index is 0.975. The van der Waals surface area contributed by atoms with Crippen molar-refractivity contribution in [3.05, 3.63) is 42.0 Å². The predicted molar refractivity (Wildman–Crippen MR) is 78.6 cm³/mol. The van der Waals surface area contributed by atoms with E-state index in [4.69, 9.17) is 0 Å². The molecule has 1 rings (SSSR count). The summed E-state index contributed by atoms with van der Waals surface area (Å²) in [4.78, 5) is 1.36. The third-order valence-electron chi connectivity index (χ3n) is 2.45. The smallest absolute Gasteiger partial charge is 0.0205 e. The van der Waals surface area contributed by atoms with E-state index in [1.165, 1.54) is 22.5 Å². The van der Waals surface area contributed by atoms with Gasteiger partial charge in [-0.15, -0.1) is 18.3 Å². The molecule has 0 saturated heterocycles. The molecule has 0 radical (unpaired) electrons. The van der Waals surface area contributed by atoms with Gasteiger partial charge in [0.05, 0.1) is 0 Å². The van der Waals surface area contributed by atoms with Crippen molar-refractivity contribution in [1.29, 1.82) is 0 Å². The van der Waals surface area contributed by atoms with Crippen LogP contribution in [0.2, 0.25) is 0 Å². The molecule has 0 fully saturated rings. The Morgan fingerprint density at radius 2 is 2.24 bits per heavy atom. The van der Waals surface area contributed by atoms with Gasteiger partial charge in [0.15, 0.2) is 0 Å². The molecule has 0 spiro atoms. The van der Waals surface area contributed by atoms with Gasteiger partial charge in [0.1, 0.15) is 0 Å². The fraction of sp³-hybridized carbons (Fsp3) is 0.467. The molecule has 0 aliphatic rings. The van der Waals surface area contributed by atoms with Crippen LogP contribution in [-0.2, 0) is 6.54 Å². The lowest BCUT2D eigenvalue weighted by Crippen LogP contribution is -2.13. The molecule has 0 saturated carbocycles. The Kier molecular flexibility index (Phi) is 7.06. The zero-order chi connectivity index (χ0) is 12.5. The molecule has 94 valence electrons. The van der Waals surface area contributed by atoms with Crippen LogP contribution in [0.3, 0.4) is 0 Å². The summed E-state index contributed by atoms with van der Waals surface area (Å²) in [6.07, 6.45) is 2.29. The van der Waals surface area contributed by atoms with Gasteiger partial charge in [-0.05, 0) is 44.0 Å². The van der Waals surface area contributed by atoms with Crippen LogP contribution >= 0.6 is 11.8 Å². The summed E-state index contributed by atoms with van der Waals surface area (Å²) in [6.45, 7) is 10.3. The quantitative estimate of drug-likeness (QED) is 0.420. The number of allylic oxidation sites excluding steroid dienone is 1. The van der Waals surface area contributed by atoms with Gasteiger partial charge in [-0.2, -0.15) is 0 Å². The average molecular weight is 249 g/mol. The summed E-state index contributed by atoms with van der Waals surface area (Å²) in [5.41, 5.74) is 2.64. The molecule has 0 aromatic heterocycles. The molecule has 0 aliphatic heterocycles. The van der Waals surface area contributed by atoms with E-state index >= 15 is 0 Å². The molecule has 1 aromatic rings. The van der Waals surface area contributed by atoms with Crippen LogP contribution in [0.1, 0.15) is 32.3 Å². The van der Waals surface area contributed by atoms with Crippen LogP contribution < -0.4 is 5.32 Å². The number of hydrogen-bond donors (Lipinski definition) is 1. The van der Waals surface area contributed by atoms with Crippen molar-refractivity contribution in [3.8, 4) is 0 Å². The van der Waals surface area contributed by atoms with Crippen molar-refractivity contribution >= 4 is 11.8 Å². The van der Waals surface area contributed by atoms with E-state index in [0.717, 1.165) is 25.3 Å². The Hall–Kier alpha value is -0.730. The lowest BCUT2D eigenvalue weighted by molar-refractivity contribution is 0.674. The third-order valence-corrected chi connectivity index (χ3v) is 3.45. The standard InChI is InChI=1S/C15H23NS/c1-4-9-16-12-14-6-5-7-15(11-14)17-10-8-13(2)3/h5-7,11,16H,2,4,8-10,12H2,1,3H3. The Balaban J connectivity index is 2.39. The Labute approximate surface area is 110 Å². The van der Waals surface area contributed by atoms with Crippen LogP contribution in [0.15, 0.2) is 41.3 Å². The van der Waals surface area contributed by atoms with Crippen LogP contribution in [0.25, 0.3) is 0 Å². The van der Waals surface area contributed by atoms with Crippen molar-refractivity contribution < 1.29 is 0 Å². The first kappa shape index (κ1) is 14.3. The van der Waals surface area contributed by atoms with E-state index < -0.39 is 0 Å². The second-order valence-electron chi connectivity index (χ2n) is 4.38. The number of hydrogen-bond acceptors (Lipinski definition) is 2. The molecule has 17 heavy (non-hydrogen) atoms. The van der Waals surface area contributed by atoms with Gasteiger partial charge in [0.2, 0.25) is 0 Å². The number of nitrogens with one attached hydrogen (secondary N) is 1. The first-order valence-corrected chi connectivity index (χ1v) is 7.27. The lowest BCUT2D eigenvalue weighted by atomic mass is 10.2. The second-order valence-corrected chi connectivity index (χ2v) is 5.55. The summed E-state index contributed by atoms with van der Waals surface area (Å²) in [7, 11) is 0. The molecule has 0 unspecified atom stereocenters. The third kappa shape index (κ3) is 6.54. The zero-order valence-electron chi connectivity index (χ0n) is 11.0. The molecule has 0 atom stereocenters. The van der Waals surface area contributed by atoms with Crippen LogP contribution in [0.4, 0.5) is 0 Å². The van der Waals surface area contributed by atoms with Crippen molar-refractivity contribution in [2.45, 2.75) is 38.1 Å². The molecule has 0 bridgehead atoms. The minimum Gasteiger partial charge on any atom is -0.313 e. The van der Waals surface area contributed by atoms with Gasteiger partial charge in [0.25, 0.3) is 0 Å². The number of thioether (sulfide) groups is 1. The van der Waals surface area contributed by atoms with Crippen molar-refractivity contribution in [2.75, 3.05) is 12.3 Å². The SMILES string of the molecule is C=C(C)CCSc1cccc(CNCCC)c1. The fourth-order valence-electron chi connectivity index (χ4n) is 1.50. The van der Waals surface area contributed by atoms with Gasteiger partial charge in [0, 0.05) is 17.2 Å². The highest BCUT2D eigenvalue weighted by molar-refractivity contribution is 7.99. The molecule has 0 amide bonds. The molecule has 1 aromatic carbocycles. The van der Waals surface area contributed by atoms with Crippen molar-refractivity contribution in [2.24, 2.45) is 0 Å². The summed E-state index contributed by atoms with van der Waals surface area (Å²) < 4.78 is 0. The van der Waals surface area contributed by atoms with Crippen molar-refractivity contribution in [3.63, 3.8) is 0 Å². The second kappa shape index (κ2) is 8.37. The summed E-state index contributed by atoms with van der Waals surface area (Å²) >= 11 is 1.91. The lowest BCUT2D eigenvalue weighted by Gasteiger charge is -2.06. The van der Waals surface area contributed by atoms with E-state index in [9.17, 15) is 0 Å². The van der Waals surface area contributed by atoms with Gasteiger partial charge in [-0.3, -0.25) is 0 Å². The predicted octanol–water partition coefficient (Wildman–Crippen LogP) is 4.24. The van der Waals surface area contributed by atoms with E-state index in [2.05, 4.69) is 50.0 Å². The molecule has 1 N–H and O–H groups in total. The Morgan fingerprint density at radius 3 is 2.94 bits per heavy atom. The highest BCUT2D eigenvalue weighted by Gasteiger charge is 1.97. The molecule has 2 heteroatoms. The molecule has 0 heterocycles. The van der Waals surface area contributed by atoms with Gasteiger partial charge in [-0.25, -0.2) is 0 Å². The molecule has 1 nitrogen and oxygen atoms in total. The maximum Gasteiger partial charge on any atom is 0.0205 e. The summed E-state index contributed by atoms with van der Waals surface area (Å²) in [5, 5.41) is 3.43. The highest BCUT2D eigenvalue weighted by Crippen LogP contribution is 2.21. The van der Waals surface area contributed by atoms with Gasteiger partial charge in [-0.1, -0.05) is 24.6 Å². The van der Waals surface area contributed by atoms with Crippen LogP contribution in [-0.4, -0.2) is 12.3 Å². The molecular weight excluding hydrogens is 226 g/mol. The topological polar surface area (TPSA) is 12.0 Å². The highest BCUT2D eigenvalue weighted by atomic mass is 32.2. The van der Waals surface area contributed by atoms with Crippen LogP contribution in [0, 0.1) is 0 Å². The van der Waals surface area contributed by atoms with E-state index in [0.29, 0.717) is 0 Å². The first-order valence-electron chi connectivity index (χ1n) is 6.29. The first-order chi connectivity index (χ1) is 8.22. The Bertz CT molecular complexity index is 347. The maximum absolute atomic E-state index is 3.93. The largest absolute Gasteiger partial charge is 0.313 e. The summed E-state index contributed by atoms with van der Waals surface area (Å²) in [6, 6.07) is 8.80. The van der Waals surface area contributed by atoms with Crippen molar-refractivity contribution in [1.82, 2.24) is 5.32 Å². The number of benzene rings is 1. The normalized spacial score (nSPS) is 10.5. The minimum atomic E-state index is 0.975. The average Bonchev–Trinajstić information content (AvgIpc) is 2.29. The van der Waals surface area contributed by atoms with E-state index in [1.54, 1.807) is 0 Å². The van der Waals surface area contributed by atoms with Gasteiger partial charge >= 0.3 is 0 Å². The monoisotopic (exact) mass is 249 g/mol. The Morgan fingerprint density at radius 1 is 1.41 bits per heavy atom. The molecule has 0 aliphatic carbocycles. The number of rotatable bonds is 8. The van der Waals surface area contributed by atoms with E-state index in [1.807, 2.05) is 11.8 Å². The van der Waals surface area contributed by atoms with Gasteiger partial charge < -0.3 is 5.32 Å². The fourth-order valence-corrected chi connectivity index (χ4v) is 2.59. The van der Waals surface area contributed by atoms with Crippen LogP contribution in [0.5, 0.6) is 0 Å².